The van der Waals surface area contributed by atoms with Gasteiger partial charge in [-0.3, -0.25) is 4.79 Å². The molecule has 0 radical (unpaired) electrons. The summed E-state index contributed by atoms with van der Waals surface area (Å²) >= 11 is 4.94. The minimum Gasteiger partial charge on any atom is -0.465 e. The van der Waals surface area contributed by atoms with E-state index in [-0.39, 0.29) is 11.2 Å². The molecule has 0 saturated heterocycles. The van der Waals surface area contributed by atoms with Crippen LogP contribution < -0.4 is 0 Å². The molecule has 0 amide bonds. The first kappa shape index (κ1) is 21.6. The van der Waals surface area contributed by atoms with Gasteiger partial charge in [0.2, 0.25) is 0 Å². The Morgan fingerprint density at radius 3 is 2.52 bits per heavy atom. The number of carbonyl (C=O) groups excluding carboxylic acids is 1. The zero-order chi connectivity index (χ0) is 21.8. The highest BCUT2D eigenvalue weighted by molar-refractivity contribution is 9.10. The number of rotatable bonds is 7. The van der Waals surface area contributed by atoms with Crippen molar-refractivity contribution < 1.29 is 9.53 Å². The van der Waals surface area contributed by atoms with E-state index in [1.807, 2.05) is 56.3 Å². The Bertz CT molecular complexity index is 1190. The van der Waals surface area contributed by atoms with Gasteiger partial charge in [-0.25, -0.2) is 9.97 Å². The standard InChI is InChI=1S/C24H22BrN3O2S/c1-3-20(24(29)30-4-2)31-23-21-19(16-8-6-5-7-9-16)14-28(22(21)26-15-27-23)18-12-10-17(25)11-13-18/h5-15,20H,3-4H2,1-2H3/t20-/m0/s1. The second kappa shape index (κ2) is 9.66. The van der Waals surface area contributed by atoms with Crippen LogP contribution in [0.2, 0.25) is 0 Å². The van der Waals surface area contributed by atoms with Crippen LogP contribution in [0.25, 0.3) is 27.8 Å². The number of ether oxygens (including phenoxy) is 1. The SMILES string of the molecule is CCOC(=O)[C@H](CC)Sc1ncnc2c1c(-c1ccccc1)cn2-c1ccc(Br)cc1. The van der Waals surface area contributed by atoms with Gasteiger partial charge < -0.3 is 9.30 Å². The number of fused-ring (bicyclic) bond motifs is 1. The number of benzene rings is 2. The lowest BCUT2D eigenvalue weighted by molar-refractivity contribution is -0.142. The first-order chi connectivity index (χ1) is 15.1. The van der Waals surface area contributed by atoms with Crippen molar-refractivity contribution in [1.82, 2.24) is 14.5 Å². The molecule has 0 bridgehead atoms. The molecule has 158 valence electrons. The van der Waals surface area contributed by atoms with Crippen LogP contribution >= 0.6 is 27.7 Å². The molecule has 0 N–H and O–H groups in total. The number of carbonyl (C=O) groups is 1. The maximum Gasteiger partial charge on any atom is 0.319 e. The molecule has 2 heterocycles. The van der Waals surface area contributed by atoms with E-state index in [0.29, 0.717) is 13.0 Å². The second-order valence-electron chi connectivity index (χ2n) is 6.90. The largest absolute Gasteiger partial charge is 0.465 e. The van der Waals surface area contributed by atoms with Gasteiger partial charge in [-0.1, -0.05) is 64.9 Å². The number of thioether (sulfide) groups is 1. The Morgan fingerprint density at radius 2 is 1.84 bits per heavy atom. The molecule has 0 aliphatic heterocycles. The van der Waals surface area contributed by atoms with Crippen LogP contribution in [-0.2, 0) is 9.53 Å². The van der Waals surface area contributed by atoms with Gasteiger partial charge in [0.1, 0.15) is 22.3 Å². The third kappa shape index (κ3) is 4.52. The third-order valence-corrected chi connectivity index (χ3v) is 6.78. The van der Waals surface area contributed by atoms with Crippen molar-refractivity contribution in [2.24, 2.45) is 0 Å². The number of hydrogen-bond acceptors (Lipinski definition) is 5. The zero-order valence-electron chi connectivity index (χ0n) is 17.3. The van der Waals surface area contributed by atoms with Crippen LogP contribution in [0.15, 0.2) is 76.6 Å². The van der Waals surface area contributed by atoms with Gasteiger partial charge in [-0.2, -0.15) is 0 Å². The summed E-state index contributed by atoms with van der Waals surface area (Å²) in [6.07, 6.45) is 4.31. The molecule has 0 aliphatic carbocycles. The van der Waals surface area contributed by atoms with Gasteiger partial charge in [0, 0.05) is 21.9 Å². The Morgan fingerprint density at radius 1 is 1.10 bits per heavy atom. The molecule has 31 heavy (non-hydrogen) atoms. The first-order valence-corrected chi connectivity index (χ1v) is 11.8. The summed E-state index contributed by atoms with van der Waals surface area (Å²) in [5.74, 6) is -0.213. The first-order valence-electron chi connectivity index (χ1n) is 10.1. The maximum atomic E-state index is 12.4. The fourth-order valence-corrected chi connectivity index (χ4v) is 4.72. The minimum absolute atomic E-state index is 0.213. The summed E-state index contributed by atoms with van der Waals surface area (Å²) in [4.78, 5) is 21.6. The van der Waals surface area contributed by atoms with Crippen LogP contribution in [0, 0.1) is 0 Å². The molecule has 0 unspecified atom stereocenters. The van der Waals surface area contributed by atoms with Crippen molar-refractivity contribution in [3.8, 4) is 16.8 Å². The van der Waals surface area contributed by atoms with Crippen LogP contribution in [0.3, 0.4) is 0 Å². The quantitative estimate of drug-likeness (QED) is 0.171. The van der Waals surface area contributed by atoms with Crippen molar-refractivity contribution in [3.05, 3.63) is 71.6 Å². The lowest BCUT2D eigenvalue weighted by Crippen LogP contribution is -2.19. The van der Waals surface area contributed by atoms with E-state index in [2.05, 4.69) is 48.8 Å². The highest BCUT2D eigenvalue weighted by atomic mass is 79.9. The second-order valence-corrected chi connectivity index (χ2v) is 9.01. The molecule has 4 rings (SSSR count). The van der Waals surface area contributed by atoms with Crippen LogP contribution in [0.1, 0.15) is 20.3 Å². The summed E-state index contributed by atoms with van der Waals surface area (Å²) in [5.41, 5.74) is 3.91. The van der Waals surface area contributed by atoms with E-state index in [1.54, 1.807) is 6.33 Å². The van der Waals surface area contributed by atoms with Gasteiger partial charge in [-0.15, -0.1) is 0 Å². The van der Waals surface area contributed by atoms with Crippen molar-refractivity contribution >= 4 is 44.7 Å². The summed E-state index contributed by atoms with van der Waals surface area (Å²) in [6.45, 7) is 4.17. The molecule has 2 aromatic heterocycles. The van der Waals surface area contributed by atoms with Crippen molar-refractivity contribution in [1.29, 1.82) is 0 Å². The maximum absolute atomic E-state index is 12.4. The van der Waals surface area contributed by atoms with E-state index >= 15 is 0 Å². The van der Waals surface area contributed by atoms with Gasteiger partial charge in [-0.05, 0) is 43.2 Å². The lowest BCUT2D eigenvalue weighted by Gasteiger charge is -2.13. The molecule has 0 saturated carbocycles. The monoisotopic (exact) mass is 495 g/mol. The number of halogens is 1. The molecular formula is C24H22BrN3O2S. The molecular weight excluding hydrogens is 474 g/mol. The zero-order valence-corrected chi connectivity index (χ0v) is 19.7. The van der Waals surface area contributed by atoms with Gasteiger partial charge >= 0.3 is 5.97 Å². The molecule has 0 spiro atoms. The topological polar surface area (TPSA) is 57.0 Å². The summed E-state index contributed by atoms with van der Waals surface area (Å²) in [6, 6.07) is 18.3. The molecule has 7 heteroatoms. The van der Waals surface area contributed by atoms with Gasteiger partial charge in [0.15, 0.2) is 0 Å². The molecule has 1 atom stereocenters. The van der Waals surface area contributed by atoms with Crippen molar-refractivity contribution in [2.45, 2.75) is 30.5 Å². The Labute approximate surface area is 194 Å². The highest BCUT2D eigenvalue weighted by Gasteiger charge is 2.24. The average Bonchev–Trinajstić information content (AvgIpc) is 3.19. The Balaban J connectivity index is 1.90. The molecule has 0 fully saturated rings. The molecule has 5 nitrogen and oxygen atoms in total. The van der Waals surface area contributed by atoms with Crippen molar-refractivity contribution in [2.75, 3.05) is 6.61 Å². The predicted molar refractivity (Wildman–Crippen MR) is 129 cm³/mol. The van der Waals surface area contributed by atoms with E-state index in [0.717, 1.165) is 37.3 Å². The van der Waals surface area contributed by atoms with E-state index in [9.17, 15) is 4.79 Å². The average molecular weight is 496 g/mol. The normalized spacial score (nSPS) is 12.1. The molecule has 0 aliphatic rings. The van der Waals surface area contributed by atoms with Crippen LogP contribution in [-0.4, -0.2) is 32.4 Å². The fourth-order valence-electron chi connectivity index (χ4n) is 3.43. The molecule has 4 aromatic rings. The lowest BCUT2D eigenvalue weighted by atomic mass is 10.1. The number of esters is 1. The predicted octanol–water partition coefficient (Wildman–Crippen LogP) is 6.28. The summed E-state index contributed by atoms with van der Waals surface area (Å²) < 4.78 is 8.35. The van der Waals surface area contributed by atoms with Crippen LogP contribution in [0.5, 0.6) is 0 Å². The summed E-state index contributed by atoms with van der Waals surface area (Å²) in [7, 11) is 0. The Kier molecular flexibility index (Phi) is 6.73. The highest BCUT2D eigenvalue weighted by Crippen LogP contribution is 2.38. The van der Waals surface area contributed by atoms with E-state index in [1.165, 1.54) is 11.8 Å². The smallest absolute Gasteiger partial charge is 0.319 e. The minimum atomic E-state index is -0.322. The van der Waals surface area contributed by atoms with Crippen molar-refractivity contribution in [3.63, 3.8) is 0 Å². The van der Waals surface area contributed by atoms with E-state index < -0.39 is 0 Å². The van der Waals surface area contributed by atoms with Gasteiger partial charge in [0.25, 0.3) is 0 Å². The van der Waals surface area contributed by atoms with E-state index in [4.69, 9.17) is 4.74 Å². The van der Waals surface area contributed by atoms with Gasteiger partial charge in [0.05, 0.1) is 12.0 Å². The number of nitrogens with zero attached hydrogens (tertiary/aromatic N) is 3. The fraction of sp³-hybridized carbons (Fsp3) is 0.208. The Hall–Kier alpha value is -2.64. The number of hydrogen-bond donors (Lipinski definition) is 0. The third-order valence-electron chi connectivity index (χ3n) is 4.91. The summed E-state index contributed by atoms with van der Waals surface area (Å²) in [5, 5.41) is 1.39. The number of aromatic nitrogens is 3. The molecule has 2 aromatic carbocycles. The van der Waals surface area contributed by atoms with Crippen LogP contribution in [0.4, 0.5) is 0 Å².